The Labute approximate surface area is 179 Å². The highest BCUT2D eigenvalue weighted by Gasteiger charge is 2.61. The lowest BCUT2D eigenvalue weighted by atomic mass is 9.43. The molecule has 4 rings (SSSR count). The van der Waals surface area contributed by atoms with Gasteiger partial charge in [-0.2, -0.15) is 0 Å². The van der Waals surface area contributed by atoms with Crippen molar-refractivity contribution in [3.63, 3.8) is 0 Å². The molecule has 0 aromatic heterocycles. The molecule has 4 fully saturated rings. The van der Waals surface area contributed by atoms with E-state index in [1.165, 1.54) is 50.5 Å². The molecule has 166 valence electrons. The third-order valence-corrected chi connectivity index (χ3v) is 10.3. The molecule has 29 heavy (non-hydrogen) atoms. The van der Waals surface area contributed by atoms with Crippen LogP contribution in [0.25, 0.3) is 0 Å². The lowest BCUT2D eigenvalue weighted by molar-refractivity contribution is -0.161. The van der Waals surface area contributed by atoms with Gasteiger partial charge < -0.3 is 15.2 Å². The lowest BCUT2D eigenvalue weighted by Gasteiger charge is -2.62. The normalized spacial score (nSPS) is 49.2. The van der Waals surface area contributed by atoms with Gasteiger partial charge in [-0.05, 0) is 105 Å². The molecular formula is C26H45NO2. The van der Waals surface area contributed by atoms with Crippen LogP contribution in [0.15, 0.2) is 12.2 Å². The van der Waals surface area contributed by atoms with Gasteiger partial charge in [-0.1, -0.05) is 32.9 Å². The van der Waals surface area contributed by atoms with Crippen LogP contribution < -0.4 is 5.32 Å². The SMILES string of the molecule is C=C(CNCC)[C@H]1CC[C@H]2[C@@H]3CC[C@@H]4C[C@@](O)(COC)CC[C@]4(C)[C@H]3CC[C@]12C. The van der Waals surface area contributed by atoms with E-state index >= 15 is 0 Å². The standard InChI is InChI=1S/C26H45NO2/c1-6-27-16-18(2)21-9-10-22-20-8-7-19-15-26(28,17-29-5)14-13-24(19,3)23(20)11-12-25(21,22)4/h19-23,27-28H,2,6-17H2,1,3-5H3/t19-,20+,21-,22+,23+,24+,25-,26-/m1/s1. The quantitative estimate of drug-likeness (QED) is 0.600. The number of nitrogens with one attached hydrogen (secondary N) is 1. The number of fused-ring (bicyclic) bond motifs is 5. The van der Waals surface area contributed by atoms with Crippen LogP contribution in [0.5, 0.6) is 0 Å². The Kier molecular flexibility index (Phi) is 5.99. The average molecular weight is 404 g/mol. The number of ether oxygens (including phenoxy) is 1. The topological polar surface area (TPSA) is 41.5 Å². The van der Waals surface area contributed by atoms with E-state index in [9.17, 15) is 5.11 Å². The van der Waals surface area contributed by atoms with E-state index in [2.05, 4.69) is 32.7 Å². The molecule has 0 unspecified atom stereocenters. The Bertz CT molecular complexity index is 620. The predicted molar refractivity (Wildman–Crippen MR) is 120 cm³/mol. The second kappa shape index (κ2) is 7.95. The van der Waals surface area contributed by atoms with Gasteiger partial charge in [0.05, 0.1) is 12.2 Å². The van der Waals surface area contributed by atoms with Gasteiger partial charge in [0, 0.05) is 13.7 Å². The van der Waals surface area contributed by atoms with E-state index < -0.39 is 5.60 Å². The fraction of sp³-hybridized carbons (Fsp3) is 0.923. The second-order valence-corrected chi connectivity index (χ2v) is 11.6. The van der Waals surface area contributed by atoms with Crippen LogP contribution >= 0.6 is 0 Å². The molecule has 0 saturated heterocycles. The molecule has 8 atom stereocenters. The molecule has 4 saturated carbocycles. The van der Waals surface area contributed by atoms with Crippen LogP contribution in [0.3, 0.4) is 0 Å². The van der Waals surface area contributed by atoms with Crippen LogP contribution in [-0.2, 0) is 4.74 Å². The van der Waals surface area contributed by atoms with Crippen molar-refractivity contribution in [2.45, 2.75) is 84.2 Å². The minimum absolute atomic E-state index is 0.420. The van der Waals surface area contributed by atoms with Crippen molar-refractivity contribution in [1.82, 2.24) is 5.32 Å². The van der Waals surface area contributed by atoms with E-state index in [1.807, 2.05) is 0 Å². The largest absolute Gasteiger partial charge is 0.387 e. The van der Waals surface area contributed by atoms with Crippen molar-refractivity contribution < 1.29 is 9.84 Å². The molecule has 0 aromatic rings. The number of rotatable bonds is 6. The number of hydrogen-bond donors (Lipinski definition) is 2. The Morgan fingerprint density at radius 1 is 1.03 bits per heavy atom. The third-order valence-electron chi connectivity index (χ3n) is 10.3. The summed E-state index contributed by atoms with van der Waals surface area (Å²) in [4.78, 5) is 0. The molecule has 4 aliphatic carbocycles. The molecule has 0 aromatic carbocycles. The summed E-state index contributed by atoms with van der Waals surface area (Å²) in [6.07, 6.45) is 11.2. The molecule has 2 N–H and O–H groups in total. The lowest BCUT2D eigenvalue weighted by Crippen LogP contribution is -2.56. The van der Waals surface area contributed by atoms with Gasteiger partial charge in [-0.15, -0.1) is 0 Å². The Hall–Kier alpha value is -0.380. The van der Waals surface area contributed by atoms with Crippen LogP contribution in [0.2, 0.25) is 0 Å². The first-order chi connectivity index (χ1) is 13.8. The highest BCUT2D eigenvalue weighted by atomic mass is 16.5. The number of likely N-dealkylation sites (N-methyl/N-ethyl adjacent to an activating group) is 1. The van der Waals surface area contributed by atoms with Gasteiger partial charge in [0.25, 0.3) is 0 Å². The summed E-state index contributed by atoms with van der Waals surface area (Å²) in [5.74, 6) is 3.99. The summed E-state index contributed by atoms with van der Waals surface area (Å²) >= 11 is 0. The molecule has 0 bridgehead atoms. The number of hydrogen-bond acceptors (Lipinski definition) is 3. The third kappa shape index (κ3) is 3.53. The summed E-state index contributed by atoms with van der Waals surface area (Å²) < 4.78 is 5.37. The van der Waals surface area contributed by atoms with Gasteiger partial charge in [0.15, 0.2) is 0 Å². The predicted octanol–water partition coefficient (Wildman–Crippen LogP) is 5.19. The average Bonchev–Trinajstić information content (AvgIpc) is 3.04. The minimum atomic E-state index is -0.586. The highest BCUT2D eigenvalue weighted by molar-refractivity contribution is 5.17. The molecule has 0 heterocycles. The first kappa shape index (κ1) is 21.8. The second-order valence-electron chi connectivity index (χ2n) is 11.6. The van der Waals surface area contributed by atoms with Crippen molar-refractivity contribution in [3.8, 4) is 0 Å². The van der Waals surface area contributed by atoms with Gasteiger partial charge in [0.1, 0.15) is 0 Å². The summed E-state index contributed by atoms with van der Waals surface area (Å²) in [6, 6.07) is 0. The fourth-order valence-corrected chi connectivity index (χ4v) is 8.80. The Balaban J connectivity index is 1.51. The van der Waals surface area contributed by atoms with Crippen LogP contribution in [0, 0.1) is 40.4 Å². The van der Waals surface area contributed by atoms with E-state index in [-0.39, 0.29) is 0 Å². The monoisotopic (exact) mass is 403 g/mol. The zero-order valence-electron chi connectivity index (χ0n) is 19.4. The Morgan fingerprint density at radius 2 is 1.79 bits per heavy atom. The fourth-order valence-electron chi connectivity index (χ4n) is 8.80. The number of methoxy groups -OCH3 is 1. The summed E-state index contributed by atoms with van der Waals surface area (Å²) in [6.45, 7) is 14.4. The van der Waals surface area contributed by atoms with Gasteiger partial charge in [-0.3, -0.25) is 0 Å². The van der Waals surface area contributed by atoms with Crippen molar-refractivity contribution in [2.24, 2.45) is 40.4 Å². The smallest absolute Gasteiger partial charge is 0.0883 e. The van der Waals surface area contributed by atoms with Crippen molar-refractivity contribution in [3.05, 3.63) is 12.2 Å². The molecule has 3 heteroatoms. The maximum Gasteiger partial charge on any atom is 0.0883 e. The molecule has 0 amide bonds. The minimum Gasteiger partial charge on any atom is -0.387 e. The number of aliphatic hydroxyl groups is 1. The van der Waals surface area contributed by atoms with E-state index in [1.54, 1.807) is 7.11 Å². The molecule has 0 aliphatic heterocycles. The summed E-state index contributed by atoms with van der Waals surface area (Å²) in [7, 11) is 1.73. The van der Waals surface area contributed by atoms with Crippen LogP contribution in [-0.4, -0.2) is 37.5 Å². The van der Waals surface area contributed by atoms with Gasteiger partial charge >= 0.3 is 0 Å². The van der Waals surface area contributed by atoms with Crippen LogP contribution in [0.4, 0.5) is 0 Å². The van der Waals surface area contributed by atoms with Crippen molar-refractivity contribution >= 4 is 0 Å². The first-order valence-corrected chi connectivity index (χ1v) is 12.4. The Morgan fingerprint density at radius 3 is 2.52 bits per heavy atom. The van der Waals surface area contributed by atoms with Gasteiger partial charge in [0.2, 0.25) is 0 Å². The van der Waals surface area contributed by atoms with Crippen LogP contribution in [0.1, 0.15) is 78.6 Å². The molecule has 3 nitrogen and oxygen atoms in total. The van der Waals surface area contributed by atoms with Crippen molar-refractivity contribution in [1.29, 1.82) is 0 Å². The molecular weight excluding hydrogens is 358 g/mol. The highest BCUT2D eigenvalue weighted by Crippen LogP contribution is 2.68. The zero-order valence-corrected chi connectivity index (χ0v) is 19.4. The molecule has 4 aliphatic rings. The maximum atomic E-state index is 11.0. The maximum absolute atomic E-state index is 11.0. The molecule has 0 spiro atoms. The van der Waals surface area contributed by atoms with E-state index in [0.717, 1.165) is 43.7 Å². The first-order valence-electron chi connectivity index (χ1n) is 12.4. The van der Waals surface area contributed by atoms with E-state index in [4.69, 9.17) is 4.74 Å². The summed E-state index contributed by atoms with van der Waals surface area (Å²) in [5, 5.41) is 14.6. The zero-order chi connectivity index (χ0) is 20.9. The van der Waals surface area contributed by atoms with Gasteiger partial charge in [-0.25, -0.2) is 0 Å². The summed E-state index contributed by atoms with van der Waals surface area (Å²) in [5.41, 5.74) is 1.75. The van der Waals surface area contributed by atoms with E-state index in [0.29, 0.717) is 29.3 Å². The van der Waals surface area contributed by atoms with Crippen molar-refractivity contribution in [2.75, 3.05) is 26.8 Å². The molecule has 0 radical (unpaired) electrons.